The fraction of sp³-hybridized carbons (Fsp3) is 0.300. The minimum atomic E-state index is -0.263. The van der Waals surface area contributed by atoms with E-state index in [4.69, 9.17) is 11.1 Å². The smallest absolute Gasteiger partial charge is 0.0630 e. The summed E-state index contributed by atoms with van der Waals surface area (Å²) < 4.78 is 0. The predicted molar refractivity (Wildman–Crippen MR) is 103 cm³/mol. The van der Waals surface area contributed by atoms with Gasteiger partial charge in [0.25, 0.3) is 0 Å². The van der Waals surface area contributed by atoms with E-state index >= 15 is 0 Å². The molecule has 3 rings (SSSR count). The molecule has 0 atom stereocenters. The number of halogens is 3. The first-order valence-corrected chi connectivity index (χ1v) is 16.0. The van der Waals surface area contributed by atoms with E-state index in [1.165, 1.54) is 62.1 Å². The normalized spacial score (nSPS) is 8.96. The molecule has 0 fully saturated rings. The Hall–Kier alpha value is 0.137. The molecule has 0 nitrogen and oxygen atoms in total. The van der Waals surface area contributed by atoms with Gasteiger partial charge in [-0.1, -0.05) is 33.8 Å². The van der Waals surface area contributed by atoms with Gasteiger partial charge in [0.2, 0.25) is 0 Å². The van der Waals surface area contributed by atoms with E-state index in [2.05, 4.69) is 83.1 Å². The van der Waals surface area contributed by atoms with E-state index in [-0.39, 0.29) is 29.6 Å². The number of rotatable bonds is 1. The largest absolute Gasteiger partial charge is 1.00 e. The van der Waals surface area contributed by atoms with Gasteiger partial charge in [-0.25, -0.2) is 0 Å². The molecule has 0 aliphatic heterocycles. The Balaban J connectivity index is 0. The van der Waals surface area contributed by atoms with Crippen LogP contribution >= 0.6 is 11.1 Å². The van der Waals surface area contributed by atoms with Crippen LogP contribution in [0.5, 0.6) is 0 Å². The maximum atomic E-state index is 5.63. The summed E-state index contributed by atoms with van der Waals surface area (Å²) in [4.78, 5) is -0.263. The Labute approximate surface area is 184 Å². The SMILES string of the molecule is CC[Si](Cl)=[Hf+2].Cc1c[c-](C)c(C)c1C.[Cl-].[Cl-].c1ccc2[cH-]ccc2c1. The van der Waals surface area contributed by atoms with E-state index in [0.29, 0.717) is 0 Å². The van der Waals surface area contributed by atoms with Gasteiger partial charge in [-0.2, -0.15) is 45.8 Å². The van der Waals surface area contributed by atoms with E-state index in [1.54, 1.807) is 0 Å². The Morgan fingerprint density at radius 1 is 1.12 bits per heavy atom. The van der Waals surface area contributed by atoms with Crippen LogP contribution in [0.4, 0.5) is 0 Å². The zero-order valence-electron chi connectivity index (χ0n) is 15.5. The van der Waals surface area contributed by atoms with E-state index in [1.807, 2.05) is 0 Å². The second kappa shape index (κ2) is 14.2. The molecule has 0 N–H and O–H groups in total. The molecule has 0 saturated heterocycles. The molecular formula is C20H25Cl3HfSi-2. The van der Waals surface area contributed by atoms with Crippen LogP contribution in [0.2, 0.25) is 6.04 Å². The standard InChI is InChI=1S/C9H7.C9H13.C2H5ClSi.2ClH.Hf/c1-2-5-9-7-3-6-8(9)4-1;1-6-5-7(2)9(4)8(6)3;1-2-4-3;;;/h1-7H;5H,1-4H3;2H2,1H3;2*1H;/q2*-1;;;;+2/p-2. The molecule has 3 aromatic carbocycles. The molecule has 0 radical (unpaired) electrons. The quantitative estimate of drug-likeness (QED) is 0.224. The van der Waals surface area contributed by atoms with Gasteiger partial charge in [-0.15, -0.1) is 29.7 Å². The Morgan fingerprint density at radius 3 is 2.04 bits per heavy atom. The van der Waals surface area contributed by atoms with Crippen molar-refractivity contribution in [1.29, 1.82) is 0 Å². The van der Waals surface area contributed by atoms with Gasteiger partial charge in [0.15, 0.2) is 0 Å². The minimum Gasteiger partial charge on any atom is -1.00 e. The summed E-state index contributed by atoms with van der Waals surface area (Å²) in [6.45, 7) is 10.8. The van der Waals surface area contributed by atoms with E-state index < -0.39 is 0 Å². The summed E-state index contributed by atoms with van der Waals surface area (Å²) in [5.41, 5.74) is 5.75. The topological polar surface area (TPSA) is 0 Å². The molecule has 0 aliphatic carbocycles. The van der Waals surface area contributed by atoms with E-state index in [9.17, 15) is 0 Å². The number of benzene rings is 1. The van der Waals surface area contributed by atoms with Crippen LogP contribution in [0.3, 0.4) is 0 Å². The average molecular weight is 578 g/mol. The van der Waals surface area contributed by atoms with Gasteiger partial charge in [0.05, 0.1) is 0 Å². The molecule has 0 amide bonds. The number of hydrogen-bond acceptors (Lipinski definition) is 0. The van der Waals surface area contributed by atoms with Crippen molar-refractivity contribution in [3.63, 3.8) is 0 Å². The predicted octanol–water partition coefficient (Wildman–Crippen LogP) is 0.486. The Morgan fingerprint density at radius 2 is 1.68 bits per heavy atom. The van der Waals surface area contributed by atoms with Gasteiger partial charge in [-0.05, 0) is 0 Å². The van der Waals surface area contributed by atoms with Crippen molar-refractivity contribution >= 4 is 26.7 Å². The second-order valence-corrected chi connectivity index (χ2v) is 18.5. The third-order valence-electron chi connectivity index (χ3n) is 4.04. The molecule has 0 spiro atoms. The van der Waals surface area contributed by atoms with Crippen molar-refractivity contribution in [2.45, 2.75) is 40.7 Å². The summed E-state index contributed by atoms with van der Waals surface area (Å²) in [7, 11) is 0. The third kappa shape index (κ3) is 9.58. The molecule has 25 heavy (non-hydrogen) atoms. The van der Waals surface area contributed by atoms with E-state index in [0.717, 1.165) is 0 Å². The summed E-state index contributed by atoms with van der Waals surface area (Å²) in [5.74, 6) is 0. The second-order valence-electron chi connectivity index (χ2n) is 5.67. The first kappa shape index (κ1) is 27.4. The van der Waals surface area contributed by atoms with Crippen LogP contribution in [-0.2, 0) is 23.0 Å². The van der Waals surface area contributed by atoms with Crippen LogP contribution in [0.25, 0.3) is 10.8 Å². The van der Waals surface area contributed by atoms with Crippen LogP contribution in [0, 0.1) is 27.7 Å². The van der Waals surface area contributed by atoms with Crippen molar-refractivity contribution in [3.05, 3.63) is 70.8 Å². The molecule has 5 heteroatoms. The fourth-order valence-corrected chi connectivity index (χ4v) is 2.20. The maximum Gasteiger partial charge on any atom is -0.0630 e. The fourth-order valence-electron chi connectivity index (χ4n) is 2.20. The summed E-state index contributed by atoms with van der Waals surface area (Å²) in [5, 5.41) is 2.66. The average Bonchev–Trinajstić information content (AvgIpc) is 3.10. The number of aryl methyl sites for hydroxylation is 2. The third-order valence-corrected chi connectivity index (χ3v) is 9.27. The molecule has 3 aromatic rings. The zero-order valence-corrected chi connectivity index (χ0v) is 22.3. The first-order chi connectivity index (χ1) is 10.9. The molecule has 0 aliphatic rings. The minimum absolute atomic E-state index is 0. The van der Waals surface area contributed by atoms with Crippen molar-refractivity contribution in [3.8, 4) is 0 Å². The maximum absolute atomic E-state index is 5.63. The van der Waals surface area contributed by atoms with Crippen molar-refractivity contribution < 1.29 is 47.8 Å². The van der Waals surface area contributed by atoms with Crippen LogP contribution in [0.15, 0.2) is 48.5 Å². The van der Waals surface area contributed by atoms with Gasteiger partial charge < -0.3 is 24.8 Å². The van der Waals surface area contributed by atoms with Gasteiger partial charge >= 0.3 is 51.9 Å². The van der Waals surface area contributed by atoms with Crippen LogP contribution in [0.1, 0.15) is 29.2 Å². The van der Waals surface area contributed by atoms with Gasteiger partial charge in [-0.3, -0.25) is 0 Å². The number of fused-ring (bicyclic) bond motifs is 1. The first-order valence-electron chi connectivity index (χ1n) is 7.90. The summed E-state index contributed by atoms with van der Waals surface area (Å²) in [6.07, 6.45) is 0. The molecule has 0 heterocycles. The summed E-state index contributed by atoms with van der Waals surface area (Å²) in [6, 6.07) is 18.1. The molecular weight excluding hydrogens is 553 g/mol. The van der Waals surface area contributed by atoms with Crippen LogP contribution < -0.4 is 24.8 Å². The molecule has 0 aromatic heterocycles. The Kier molecular flexibility index (Phi) is 15.6. The van der Waals surface area contributed by atoms with Crippen molar-refractivity contribution in [2.75, 3.05) is 0 Å². The van der Waals surface area contributed by atoms with Crippen LogP contribution in [-0.4, -0.2) is 4.80 Å². The van der Waals surface area contributed by atoms with Gasteiger partial charge in [0, 0.05) is 0 Å². The molecule has 0 saturated carbocycles. The van der Waals surface area contributed by atoms with Crippen molar-refractivity contribution in [1.82, 2.24) is 0 Å². The van der Waals surface area contributed by atoms with Gasteiger partial charge in [0.1, 0.15) is 0 Å². The molecule has 0 unspecified atom stereocenters. The molecule has 0 bridgehead atoms. The zero-order chi connectivity index (χ0) is 17.4. The molecule has 136 valence electrons. The van der Waals surface area contributed by atoms with Crippen molar-refractivity contribution in [2.24, 2.45) is 0 Å². The number of hydrogen-bond donors (Lipinski definition) is 0. The summed E-state index contributed by atoms with van der Waals surface area (Å²) >= 11 is 6.86. The Bertz CT molecular complexity index is 707. The monoisotopic (exact) mass is 578 g/mol.